The van der Waals surface area contributed by atoms with Crippen LogP contribution in [0, 0.1) is 0 Å². The molecule has 390 valence electrons. The van der Waals surface area contributed by atoms with Crippen LogP contribution in [-0.2, 0) is 95.4 Å². The summed E-state index contributed by atoms with van der Waals surface area (Å²) < 4.78 is 113. The summed E-state index contributed by atoms with van der Waals surface area (Å²) in [4.78, 5) is 0. The summed E-state index contributed by atoms with van der Waals surface area (Å²) in [6.45, 7) is 24.4. The maximum atomic E-state index is 5.76. The summed E-state index contributed by atoms with van der Waals surface area (Å²) in [5.41, 5.74) is 0. The molecule has 4 saturated heterocycles. The first kappa shape index (κ1) is 63.0. The number of rotatable bonds is 41. The van der Waals surface area contributed by atoms with Crippen molar-refractivity contribution in [3.8, 4) is 0 Å². The normalized spacial score (nSPS) is 19.9. The van der Waals surface area contributed by atoms with Gasteiger partial charge in [0.05, 0.1) is 72.7 Å². The molecule has 21 nitrogen and oxygen atoms in total. The van der Waals surface area contributed by atoms with Crippen molar-refractivity contribution in [2.45, 2.75) is 96.9 Å². The molecule has 4 aliphatic heterocycles. The van der Waals surface area contributed by atoms with Crippen LogP contribution >= 0.6 is 0 Å². The Labute approximate surface area is 394 Å². The van der Waals surface area contributed by atoms with E-state index in [1.807, 2.05) is 41.5 Å². The van der Waals surface area contributed by atoms with E-state index < -0.39 is 35.5 Å². The van der Waals surface area contributed by atoms with Crippen molar-refractivity contribution in [1.82, 2.24) is 0 Å². The average molecular weight is 1020 g/mol. The van der Waals surface area contributed by atoms with Gasteiger partial charge in [-0.3, -0.25) is 0 Å². The first-order valence-electron chi connectivity index (χ1n) is 23.1. The predicted octanol–water partition coefficient (Wildman–Crippen LogP) is 3.75. The molecule has 0 bridgehead atoms. The average Bonchev–Trinajstić information content (AvgIpc) is 4.09. The second-order valence-corrected chi connectivity index (χ2v) is 25.4. The van der Waals surface area contributed by atoms with Gasteiger partial charge >= 0.3 is 35.5 Å². The topological polar surface area (TPSA) is 207 Å². The molecule has 0 aromatic rings. The second kappa shape index (κ2) is 38.7. The first-order chi connectivity index (χ1) is 31.5. The van der Waals surface area contributed by atoms with Gasteiger partial charge in [-0.15, -0.1) is 0 Å². The molecule has 0 saturated carbocycles. The van der Waals surface area contributed by atoms with E-state index in [4.69, 9.17) is 95.4 Å². The quantitative estimate of drug-likeness (QED) is 0.0486. The molecule has 0 aromatic carbocycles. The van der Waals surface area contributed by atoms with E-state index in [9.17, 15) is 0 Å². The number of epoxide rings is 4. The molecule has 65 heavy (non-hydrogen) atoms. The summed E-state index contributed by atoms with van der Waals surface area (Å²) in [7, 11) is -0.898. The Morgan fingerprint density at radius 2 is 0.631 bits per heavy atom. The lowest BCUT2D eigenvalue weighted by Crippen LogP contribution is -2.47. The standard InChI is InChI=1S/C12H26O5Si.C11H24O5Si.C9H20O5Si.C8H18O6Si/c1-4-15-18(16-5-2,17-6-3)9-7-8-13-10-12-11-14-12;1-4-14-17(15-5-2,16-6-3)8-7-12-9-11-10-13-11;1-10-15(11-2,12-3)6-4-5-13-7-9-8-14-9;1-9-15(10-2,11-3)14-5-4-12-6-8-7-13-8/h12H,4-11H2,1-3H3;11H,4-10H2,1-3H3;9H,4-8H2,1-3H3;8H,4-7H2,1-3H3. The van der Waals surface area contributed by atoms with Crippen molar-refractivity contribution in [2.24, 2.45) is 0 Å². The highest BCUT2D eigenvalue weighted by Gasteiger charge is 2.43. The van der Waals surface area contributed by atoms with E-state index in [0.717, 1.165) is 51.4 Å². The fourth-order valence-corrected chi connectivity index (χ4v) is 13.6. The Hall–Kier alpha value is 0.0275. The molecule has 0 radical (unpaired) electrons. The van der Waals surface area contributed by atoms with Crippen LogP contribution in [0.4, 0.5) is 0 Å². The lowest BCUT2D eigenvalue weighted by atomic mass is 10.5. The maximum Gasteiger partial charge on any atom is 0.678 e. The van der Waals surface area contributed by atoms with Crippen LogP contribution in [0.25, 0.3) is 0 Å². The zero-order valence-corrected chi connectivity index (χ0v) is 45.9. The highest BCUT2D eigenvalue weighted by molar-refractivity contribution is 6.61. The van der Waals surface area contributed by atoms with E-state index in [1.165, 1.54) is 21.3 Å². The summed E-state index contributed by atoms with van der Waals surface area (Å²) >= 11 is 0. The summed E-state index contributed by atoms with van der Waals surface area (Å²) in [5, 5.41) is 0. The second-order valence-electron chi connectivity index (χ2n) is 14.3. The smallest absolute Gasteiger partial charge is 0.379 e. The highest BCUT2D eigenvalue weighted by atomic mass is 28.4. The minimum absolute atomic E-state index is 0.277. The van der Waals surface area contributed by atoms with Crippen LogP contribution < -0.4 is 0 Å². The number of ether oxygens (including phenoxy) is 8. The maximum absolute atomic E-state index is 5.76. The van der Waals surface area contributed by atoms with Gasteiger partial charge in [-0.05, 0) is 54.4 Å². The summed E-state index contributed by atoms with van der Waals surface area (Å²) in [6, 6.07) is 2.30. The van der Waals surface area contributed by atoms with Crippen molar-refractivity contribution in [1.29, 1.82) is 0 Å². The molecule has 4 rings (SSSR count). The highest BCUT2D eigenvalue weighted by Crippen LogP contribution is 2.20. The van der Waals surface area contributed by atoms with Crippen molar-refractivity contribution in [2.75, 3.05) is 168 Å². The van der Waals surface area contributed by atoms with E-state index >= 15 is 0 Å². The minimum atomic E-state index is -2.89. The van der Waals surface area contributed by atoms with Gasteiger partial charge in [0, 0.05) is 114 Å². The SMILES string of the molecule is CCO[Si](CCCOCC1CO1)(OCC)OCC.CCO[Si](CCOCC1CO1)(OCC)OCC.CO[Si](CCCOCC1CO1)(OC)OC.CO[Si](OC)(OC)OCCOCC1CO1. The molecule has 4 fully saturated rings. The molecule has 0 aliphatic carbocycles. The molecule has 0 aromatic heterocycles. The van der Waals surface area contributed by atoms with Gasteiger partial charge in [-0.1, -0.05) is 0 Å². The van der Waals surface area contributed by atoms with Gasteiger partial charge in [-0.25, -0.2) is 0 Å². The van der Waals surface area contributed by atoms with Crippen molar-refractivity contribution < 1.29 is 95.4 Å². The lowest BCUT2D eigenvalue weighted by molar-refractivity contribution is -0.0131. The van der Waals surface area contributed by atoms with Crippen LogP contribution in [0.15, 0.2) is 0 Å². The summed E-state index contributed by atoms with van der Waals surface area (Å²) in [5.74, 6) is 0. The van der Waals surface area contributed by atoms with E-state index in [1.54, 1.807) is 21.3 Å². The third kappa shape index (κ3) is 31.1. The Morgan fingerprint density at radius 3 is 0.923 bits per heavy atom. The Morgan fingerprint density at radius 1 is 0.338 bits per heavy atom. The van der Waals surface area contributed by atoms with Crippen LogP contribution in [0.2, 0.25) is 18.1 Å². The van der Waals surface area contributed by atoms with Crippen LogP contribution in [0.1, 0.15) is 54.4 Å². The molecule has 4 atom stereocenters. The molecule has 4 aliphatic rings. The van der Waals surface area contributed by atoms with E-state index in [2.05, 4.69) is 0 Å². The van der Waals surface area contributed by atoms with E-state index in [0.29, 0.717) is 123 Å². The lowest BCUT2D eigenvalue weighted by Gasteiger charge is -2.28. The van der Waals surface area contributed by atoms with Gasteiger partial charge in [0.1, 0.15) is 24.4 Å². The van der Waals surface area contributed by atoms with Gasteiger partial charge in [0.2, 0.25) is 0 Å². The zero-order chi connectivity index (χ0) is 48.1. The Kier molecular flexibility index (Phi) is 37.6. The molecule has 4 unspecified atom stereocenters. The molecule has 0 spiro atoms. The minimum Gasteiger partial charge on any atom is -0.379 e. The first-order valence-corrected chi connectivity index (χ1v) is 30.5. The largest absolute Gasteiger partial charge is 0.678 e. The monoisotopic (exact) mass is 1020 g/mol. The van der Waals surface area contributed by atoms with Crippen molar-refractivity contribution in [3.05, 3.63) is 0 Å². The molecule has 0 N–H and O–H groups in total. The zero-order valence-electron chi connectivity index (χ0n) is 41.9. The third-order valence-corrected chi connectivity index (χ3v) is 20.3. The third-order valence-electron chi connectivity index (χ3n) is 9.30. The summed E-state index contributed by atoms with van der Waals surface area (Å²) in [6.07, 6.45) is 3.03. The fourth-order valence-electron chi connectivity index (χ4n) is 5.71. The molecule has 4 heterocycles. The van der Waals surface area contributed by atoms with Crippen LogP contribution in [0.3, 0.4) is 0 Å². The van der Waals surface area contributed by atoms with Gasteiger partial charge < -0.3 is 95.4 Å². The van der Waals surface area contributed by atoms with Crippen LogP contribution in [-0.4, -0.2) is 228 Å². The molecule has 0 amide bonds. The Balaban J connectivity index is 0.000000435. The molecular weight excluding hydrogens is 929 g/mol. The van der Waals surface area contributed by atoms with Gasteiger partial charge in [0.15, 0.2) is 0 Å². The fraction of sp³-hybridized carbons (Fsp3) is 1.00. The van der Waals surface area contributed by atoms with Crippen molar-refractivity contribution >= 4 is 35.5 Å². The van der Waals surface area contributed by atoms with E-state index in [-0.39, 0.29) is 6.10 Å². The number of hydrogen-bond acceptors (Lipinski definition) is 21. The molecular formula is C40H88O21Si4. The van der Waals surface area contributed by atoms with Crippen molar-refractivity contribution in [3.63, 3.8) is 0 Å². The van der Waals surface area contributed by atoms with Crippen LogP contribution in [0.5, 0.6) is 0 Å². The number of hydrogen-bond donors (Lipinski definition) is 0. The van der Waals surface area contributed by atoms with Gasteiger partial charge in [-0.2, -0.15) is 0 Å². The predicted molar refractivity (Wildman–Crippen MR) is 247 cm³/mol. The molecule has 25 heteroatoms. The van der Waals surface area contributed by atoms with Gasteiger partial charge in [0.25, 0.3) is 0 Å². The Bertz CT molecular complexity index is 985.